The Morgan fingerprint density at radius 1 is 0.862 bits per heavy atom. The molecule has 1 atom stereocenters. The summed E-state index contributed by atoms with van der Waals surface area (Å²) in [6.45, 7) is 1.90. The molecule has 29 heavy (non-hydrogen) atoms. The van der Waals surface area contributed by atoms with Crippen LogP contribution in [0, 0.1) is 0 Å². The lowest BCUT2D eigenvalue weighted by Gasteiger charge is -2.13. The quantitative estimate of drug-likeness (QED) is 0.308. The van der Waals surface area contributed by atoms with Crippen LogP contribution in [0.1, 0.15) is 17.3 Å². The second kappa shape index (κ2) is 8.45. The van der Waals surface area contributed by atoms with Gasteiger partial charge in [-0.25, -0.2) is 0 Å². The molecule has 0 saturated carbocycles. The van der Waals surface area contributed by atoms with Crippen molar-refractivity contribution >= 4 is 28.3 Å². The number of carbonyl (C=O) groups is 1. The van der Waals surface area contributed by atoms with Gasteiger partial charge in [-0.3, -0.25) is 4.79 Å². The number of Topliss-reactive ketones (excluding diaryl/α,β-unsaturated/α-hetero) is 1. The summed E-state index contributed by atoms with van der Waals surface area (Å²) in [4.78, 5) is 12.9. The molecule has 0 bridgehead atoms. The molecule has 5 heteroatoms. The third-order valence-corrected chi connectivity index (χ3v) is 5.83. The van der Waals surface area contributed by atoms with Gasteiger partial charge in [-0.15, -0.1) is 10.2 Å². The minimum atomic E-state index is -0.288. The Bertz CT molecular complexity index is 1140. The van der Waals surface area contributed by atoms with Gasteiger partial charge in [-0.1, -0.05) is 66.4 Å². The first-order chi connectivity index (χ1) is 14.2. The molecule has 0 saturated heterocycles. The first kappa shape index (κ1) is 19.2. The first-order valence-electron chi connectivity index (χ1n) is 9.33. The SMILES string of the molecule is COc1ccc(C(=O)[C@H](C)Sc2nnc(-c3ccccc3)c3ccccc23)cc1. The first-order valence-corrected chi connectivity index (χ1v) is 10.2. The van der Waals surface area contributed by atoms with Gasteiger partial charge in [-0.2, -0.15) is 0 Å². The van der Waals surface area contributed by atoms with Crippen molar-refractivity contribution in [1.29, 1.82) is 0 Å². The number of nitrogens with zero attached hydrogens (tertiary/aromatic N) is 2. The van der Waals surface area contributed by atoms with Crippen LogP contribution < -0.4 is 4.74 Å². The molecule has 4 nitrogen and oxygen atoms in total. The molecule has 1 aromatic heterocycles. The Morgan fingerprint density at radius 2 is 1.52 bits per heavy atom. The average Bonchev–Trinajstić information content (AvgIpc) is 2.79. The Morgan fingerprint density at radius 3 is 2.21 bits per heavy atom. The van der Waals surface area contributed by atoms with Gasteiger partial charge >= 0.3 is 0 Å². The molecule has 4 rings (SSSR count). The minimum Gasteiger partial charge on any atom is -0.497 e. The molecule has 4 aromatic rings. The third kappa shape index (κ3) is 4.00. The van der Waals surface area contributed by atoms with Crippen molar-refractivity contribution in [2.24, 2.45) is 0 Å². The van der Waals surface area contributed by atoms with Crippen molar-refractivity contribution in [3.8, 4) is 17.0 Å². The molecule has 3 aromatic carbocycles. The summed E-state index contributed by atoms with van der Waals surface area (Å²) < 4.78 is 5.17. The van der Waals surface area contributed by atoms with Gasteiger partial charge in [0.2, 0.25) is 0 Å². The summed E-state index contributed by atoms with van der Waals surface area (Å²) in [7, 11) is 1.61. The second-order valence-corrected chi connectivity index (χ2v) is 7.95. The molecular weight excluding hydrogens is 380 g/mol. The standard InChI is InChI=1S/C24H20N2O2S/c1-16(23(27)18-12-14-19(28-2)15-13-18)29-24-21-11-7-6-10-20(21)22(25-26-24)17-8-4-3-5-9-17/h3-16H,1-2H3/t16-/m0/s1. The predicted molar refractivity (Wildman–Crippen MR) is 118 cm³/mol. The molecule has 144 valence electrons. The van der Waals surface area contributed by atoms with E-state index in [1.54, 1.807) is 31.4 Å². The van der Waals surface area contributed by atoms with Crippen molar-refractivity contribution in [1.82, 2.24) is 10.2 Å². The molecular formula is C24H20N2O2S. The van der Waals surface area contributed by atoms with E-state index >= 15 is 0 Å². The fraction of sp³-hybridized carbons (Fsp3) is 0.125. The summed E-state index contributed by atoms with van der Waals surface area (Å²) >= 11 is 1.44. The zero-order valence-electron chi connectivity index (χ0n) is 16.2. The zero-order chi connectivity index (χ0) is 20.2. The van der Waals surface area contributed by atoms with Crippen molar-refractivity contribution < 1.29 is 9.53 Å². The van der Waals surface area contributed by atoms with Crippen LogP contribution in [-0.2, 0) is 0 Å². The maximum absolute atomic E-state index is 12.9. The highest BCUT2D eigenvalue weighted by atomic mass is 32.2. The van der Waals surface area contributed by atoms with Crippen LogP contribution in [0.2, 0.25) is 0 Å². The molecule has 0 aliphatic rings. The zero-order valence-corrected chi connectivity index (χ0v) is 17.0. The van der Waals surface area contributed by atoms with Crippen LogP contribution in [0.25, 0.3) is 22.0 Å². The largest absolute Gasteiger partial charge is 0.497 e. The van der Waals surface area contributed by atoms with Crippen molar-refractivity contribution in [3.63, 3.8) is 0 Å². The van der Waals surface area contributed by atoms with Crippen LogP contribution in [-0.4, -0.2) is 28.3 Å². The van der Waals surface area contributed by atoms with Crippen molar-refractivity contribution in [3.05, 3.63) is 84.4 Å². The van der Waals surface area contributed by atoms with E-state index in [0.29, 0.717) is 5.56 Å². The number of methoxy groups -OCH3 is 1. The highest BCUT2D eigenvalue weighted by Crippen LogP contribution is 2.34. The number of benzene rings is 3. The Balaban J connectivity index is 1.65. The summed E-state index contributed by atoms with van der Waals surface area (Å²) in [5, 5.41) is 11.5. The predicted octanol–water partition coefficient (Wildman–Crippen LogP) is 5.67. The monoisotopic (exact) mass is 400 g/mol. The lowest BCUT2D eigenvalue weighted by atomic mass is 10.1. The topological polar surface area (TPSA) is 52.1 Å². The van der Waals surface area contributed by atoms with E-state index in [1.807, 2.05) is 61.5 Å². The highest BCUT2D eigenvalue weighted by Gasteiger charge is 2.20. The van der Waals surface area contributed by atoms with Gasteiger partial charge in [0.15, 0.2) is 5.78 Å². The van der Waals surface area contributed by atoms with Crippen LogP contribution in [0.5, 0.6) is 5.75 Å². The fourth-order valence-corrected chi connectivity index (χ4v) is 4.16. The number of ether oxygens (including phenoxy) is 1. The molecule has 0 radical (unpaired) electrons. The minimum absolute atomic E-state index is 0.0515. The van der Waals surface area contributed by atoms with Gasteiger partial charge in [0.1, 0.15) is 16.5 Å². The van der Waals surface area contributed by atoms with Crippen LogP contribution in [0.4, 0.5) is 0 Å². The summed E-state index contributed by atoms with van der Waals surface area (Å²) in [6, 6.07) is 25.3. The number of hydrogen-bond donors (Lipinski definition) is 0. The van der Waals surface area contributed by atoms with Crippen molar-refractivity contribution in [2.45, 2.75) is 17.2 Å². The number of thioether (sulfide) groups is 1. The van der Waals surface area contributed by atoms with Crippen LogP contribution in [0.15, 0.2) is 83.9 Å². The molecule has 1 heterocycles. The number of rotatable bonds is 6. The maximum atomic E-state index is 12.9. The van der Waals surface area contributed by atoms with E-state index in [4.69, 9.17) is 4.74 Å². The molecule has 0 amide bonds. The number of fused-ring (bicyclic) bond motifs is 1. The summed E-state index contributed by atoms with van der Waals surface area (Å²) in [5.41, 5.74) is 2.53. The maximum Gasteiger partial charge on any atom is 0.175 e. The van der Waals surface area contributed by atoms with E-state index in [-0.39, 0.29) is 11.0 Å². The number of hydrogen-bond acceptors (Lipinski definition) is 5. The molecule has 0 aliphatic carbocycles. The van der Waals surface area contributed by atoms with Crippen molar-refractivity contribution in [2.75, 3.05) is 7.11 Å². The van der Waals surface area contributed by atoms with Gasteiger partial charge in [0.05, 0.1) is 12.4 Å². The van der Waals surface area contributed by atoms with Gasteiger partial charge in [-0.05, 0) is 31.2 Å². The summed E-state index contributed by atoms with van der Waals surface area (Å²) in [6.07, 6.45) is 0. The number of carbonyl (C=O) groups excluding carboxylic acids is 1. The van der Waals surface area contributed by atoms with Gasteiger partial charge < -0.3 is 4.74 Å². The normalized spacial score (nSPS) is 11.9. The van der Waals surface area contributed by atoms with Gasteiger partial charge in [0.25, 0.3) is 0 Å². The van der Waals surface area contributed by atoms with E-state index in [2.05, 4.69) is 10.2 Å². The molecule has 0 aliphatic heterocycles. The Hall–Kier alpha value is -3.18. The Labute approximate surface area is 173 Å². The van der Waals surface area contributed by atoms with E-state index < -0.39 is 0 Å². The van der Waals surface area contributed by atoms with Crippen LogP contribution in [0.3, 0.4) is 0 Å². The molecule has 0 unspecified atom stereocenters. The van der Waals surface area contributed by atoms with Gasteiger partial charge in [0, 0.05) is 21.9 Å². The molecule has 0 spiro atoms. The lowest BCUT2D eigenvalue weighted by molar-refractivity contribution is 0.0994. The number of aromatic nitrogens is 2. The average molecular weight is 401 g/mol. The third-order valence-electron chi connectivity index (χ3n) is 4.73. The highest BCUT2D eigenvalue weighted by molar-refractivity contribution is 8.00. The van der Waals surface area contributed by atoms with E-state index in [9.17, 15) is 4.79 Å². The fourth-order valence-electron chi connectivity index (χ4n) is 3.19. The lowest BCUT2D eigenvalue weighted by Crippen LogP contribution is -2.14. The Kier molecular flexibility index (Phi) is 5.58. The number of ketones is 1. The summed E-state index contributed by atoms with van der Waals surface area (Å²) in [5.74, 6) is 0.783. The van der Waals surface area contributed by atoms with E-state index in [0.717, 1.165) is 32.8 Å². The van der Waals surface area contributed by atoms with E-state index in [1.165, 1.54) is 11.8 Å². The molecule has 0 N–H and O–H groups in total. The van der Waals surface area contributed by atoms with Crippen LogP contribution >= 0.6 is 11.8 Å². The molecule has 0 fully saturated rings. The second-order valence-electron chi connectivity index (χ2n) is 6.62. The smallest absolute Gasteiger partial charge is 0.175 e.